The van der Waals surface area contributed by atoms with E-state index in [4.69, 9.17) is 10.3 Å². The summed E-state index contributed by atoms with van der Waals surface area (Å²) in [4.78, 5) is 18.5. The summed E-state index contributed by atoms with van der Waals surface area (Å²) in [5, 5.41) is 3.40. The van der Waals surface area contributed by atoms with Gasteiger partial charge in [0.2, 0.25) is 5.91 Å². The molecule has 31 heavy (non-hydrogen) atoms. The van der Waals surface area contributed by atoms with Crippen molar-refractivity contribution in [2.75, 3.05) is 6.26 Å². The Morgan fingerprint density at radius 2 is 2.03 bits per heavy atom. The van der Waals surface area contributed by atoms with Gasteiger partial charge in [0.25, 0.3) is 10.1 Å². The maximum Gasteiger partial charge on any atom is 0.261 e. The lowest BCUT2D eigenvalue weighted by molar-refractivity contribution is -0.123. The van der Waals surface area contributed by atoms with Gasteiger partial charge in [-0.2, -0.15) is 8.42 Å². The number of hydrogen-bond acceptors (Lipinski definition) is 6. The summed E-state index contributed by atoms with van der Waals surface area (Å²) < 4.78 is 39.5. The van der Waals surface area contributed by atoms with Crippen LogP contribution in [0.2, 0.25) is 0 Å². The van der Waals surface area contributed by atoms with E-state index in [1.165, 1.54) is 0 Å². The summed E-state index contributed by atoms with van der Waals surface area (Å²) in [6.07, 6.45) is 7.23. The van der Waals surface area contributed by atoms with Gasteiger partial charge in [-0.3, -0.25) is 9.35 Å². The first kappa shape index (κ1) is 24.5. The molecular weight excluding hydrogens is 423 g/mol. The molecule has 8 nitrogen and oxygen atoms in total. The number of halogens is 1. The molecule has 2 unspecified atom stereocenters. The number of amidine groups is 1. The topological polar surface area (TPSA) is 125 Å². The molecule has 1 amide bonds. The van der Waals surface area contributed by atoms with E-state index in [0.29, 0.717) is 18.6 Å². The molecule has 4 N–H and O–H groups in total. The minimum absolute atomic E-state index is 0.157. The number of benzene rings is 1. The number of carbonyl (C=O) groups excluding carboxylic acids is 1. The predicted octanol–water partition coefficient (Wildman–Crippen LogP) is 2.05. The average Bonchev–Trinajstić information content (AvgIpc) is 2.92. The number of fused-ring (bicyclic) bond motifs is 1. The Labute approximate surface area is 182 Å². The van der Waals surface area contributed by atoms with Crippen LogP contribution in [0.25, 0.3) is 0 Å². The zero-order chi connectivity index (χ0) is 23.6. The number of rotatable bonds is 5. The predicted molar refractivity (Wildman–Crippen MR) is 118 cm³/mol. The molecule has 10 heteroatoms. The number of aryl methyl sites for hydroxylation is 2. The average molecular weight is 453 g/mol. The Balaban J connectivity index is 0.000000614. The van der Waals surface area contributed by atoms with E-state index in [1.807, 2.05) is 44.0 Å². The molecule has 2 atom stereocenters. The number of nitrogens with two attached hydrogens (primary N) is 1. The number of hydrogen-bond donors (Lipinski definition) is 3. The van der Waals surface area contributed by atoms with Gasteiger partial charge in [-0.05, 0) is 68.2 Å². The van der Waals surface area contributed by atoms with Crippen molar-refractivity contribution < 1.29 is 22.2 Å². The second-order valence-electron chi connectivity index (χ2n) is 7.75. The van der Waals surface area contributed by atoms with Gasteiger partial charge in [-0.15, -0.1) is 0 Å². The van der Waals surface area contributed by atoms with Gasteiger partial charge in [-0.1, -0.05) is 6.92 Å². The first-order chi connectivity index (χ1) is 14.3. The van der Waals surface area contributed by atoms with Crippen molar-refractivity contribution in [3.05, 3.63) is 58.7 Å². The molecule has 2 aliphatic heterocycles. The summed E-state index contributed by atoms with van der Waals surface area (Å²) >= 11 is 0. The van der Waals surface area contributed by atoms with Gasteiger partial charge in [0.05, 0.1) is 18.0 Å². The molecule has 3 rings (SSSR count). The molecule has 0 radical (unpaired) electrons. The molecule has 1 aromatic rings. The summed E-state index contributed by atoms with van der Waals surface area (Å²) in [7, 11) is -3.67. The SMILES string of the molecule is CCc1cc(F)cc(C)c1CNC1=CC=CN2C1=NC(C)(C(N)=O)C2C.CS(=O)(=O)O. The van der Waals surface area contributed by atoms with Crippen LogP contribution in [-0.2, 0) is 27.9 Å². The zero-order valence-electron chi connectivity index (χ0n) is 18.3. The van der Waals surface area contributed by atoms with Crippen LogP contribution in [0.1, 0.15) is 37.5 Å². The summed E-state index contributed by atoms with van der Waals surface area (Å²) in [5.41, 5.74) is 8.44. The number of allylic oxidation sites excluding steroid dienone is 2. The number of nitrogens with one attached hydrogen (secondary N) is 1. The second kappa shape index (κ2) is 9.19. The number of amides is 1. The van der Waals surface area contributed by atoms with Crippen molar-refractivity contribution in [3.63, 3.8) is 0 Å². The van der Waals surface area contributed by atoms with Gasteiger partial charge >= 0.3 is 0 Å². The maximum absolute atomic E-state index is 13.7. The fourth-order valence-electron chi connectivity index (χ4n) is 3.52. The number of nitrogens with zero attached hydrogens (tertiary/aromatic N) is 2. The Morgan fingerprint density at radius 1 is 1.42 bits per heavy atom. The van der Waals surface area contributed by atoms with E-state index < -0.39 is 21.6 Å². The number of aliphatic imine (C=N–C) groups is 1. The second-order valence-corrected chi connectivity index (χ2v) is 9.22. The van der Waals surface area contributed by atoms with Crippen molar-refractivity contribution >= 4 is 21.9 Å². The quantitative estimate of drug-likeness (QED) is 0.587. The third-order valence-corrected chi connectivity index (χ3v) is 5.43. The summed E-state index contributed by atoms with van der Waals surface area (Å²) in [5.74, 6) is 0.0571. The molecule has 0 aromatic heterocycles. The zero-order valence-corrected chi connectivity index (χ0v) is 19.1. The Morgan fingerprint density at radius 3 is 2.58 bits per heavy atom. The van der Waals surface area contributed by atoms with Crippen molar-refractivity contribution in [1.82, 2.24) is 10.2 Å². The van der Waals surface area contributed by atoms with Crippen molar-refractivity contribution in [3.8, 4) is 0 Å². The molecule has 0 spiro atoms. The molecule has 1 aromatic carbocycles. The molecular formula is C21H29FN4O4S. The maximum atomic E-state index is 13.7. The Kier molecular flexibility index (Phi) is 7.28. The molecule has 0 saturated heterocycles. The van der Waals surface area contributed by atoms with Crippen molar-refractivity contribution in [2.45, 2.75) is 52.2 Å². The largest absolute Gasteiger partial charge is 0.378 e. The van der Waals surface area contributed by atoms with Crippen LogP contribution in [0.5, 0.6) is 0 Å². The normalized spacial score (nSPS) is 22.2. The highest BCUT2D eigenvalue weighted by molar-refractivity contribution is 7.85. The standard InChI is InChI=1S/C20H25FN4O.CH4O3S/c1-5-14-10-15(21)9-12(2)16(14)11-23-17-7-6-8-25-13(3)20(4,19(22)26)24-18(17)25;1-5(2,3)4/h6-10,13,23H,5,11H2,1-4H3,(H2,22,26);1H3,(H,2,3,4). The smallest absolute Gasteiger partial charge is 0.261 e. The lowest BCUT2D eigenvalue weighted by atomic mass is 9.94. The van der Waals surface area contributed by atoms with E-state index in [1.54, 1.807) is 19.1 Å². The third kappa shape index (κ3) is 5.71. The molecule has 0 bridgehead atoms. The van der Waals surface area contributed by atoms with Crippen LogP contribution in [-0.4, -0.2) is 47.4 Å². The Hall–Kier alpha value is -2.72. The van der Waals surface area contributed by atoms with E-state index >= 15 is 0 Å². The van der Waals surface area contributed by atoms with Gasteiger partial charge < -0.3 is 16.0 Å². The Bertz CT molecular complexity index is 1060. The van der Waals surface area contributed by atoms with Crippen LogP contribution in [0.3, 0.4) is 0 Å². The highest BCUT2D eigenvalue weighted by Crippen LogP contribution is 2.32. The lowest BCUT2D eigenvalue weighted by Crippen LogP contribution is -2.50. The molecule has 0 aliphatic carbocycles. The van der Waals surface area contributed by atoms with E-state index in [0.717, 1.165) is 28.8 Å². The van der Waals surface area contributed by atoms with Gasteiger partial charge in [0.15, 0.2) is 11.4 Å². The van der Waals surface area contributed by atoms with Gasteiger partial charge in [0, 0.05) is 12.7 Å². The van der Waals surface area contributed by atoms with Gasteiger partial charge in [0.1, 0.15) is 5.82 Å². The van der Waals surface area contributed by atoms with Crippen LogP contribution in [0.15, 0.2) is 41.2 Å². The fourth-order valence-corrected chi connectivity index (χ4v) is 3.52. The minimum atomic E-state index is -3.67. The lowest BCUT2D eigenvalue weighted by Gasteiger charge is -2.30. The fraction of sp³-hybridized carbons (Fsp3) is 0.429. The molecule has 0 saturated carbocycles. The first-order valence-electron chi connectivity index (χ1n) is 9.79. The molecule has 2 heterocycles. The van der Waals surface area contributed by atoms with Crippen LogP contribution in [0.4, 0.5) is 4.39 Å². The third-order valence-electron chi connectivity index (χ3n) is 5.43. The van der Waals surface area contributed by atoms with E-state index in [-0.39, 0.29) is 11.9 Å². The van der Waals surface area contributed by atoms with Crippen LogP contribution in [0, 0.1) is 12.7 Å². The van der Waals surface area contributed by atoms with E-state index in [9.17, 15) is 17.6 Å². The van der Waals surface area contributed by atoms with Crippen LogP contribution >= 0.6 is 0 Å². The summed E-state index contributed by atoms with van der Waals surface area (Å²) in [6, 6.07) is 2.98. The monoisotopic (exact) mass is 452 g/mol. The molecule has 2 aliphatic rings. The highest BCUT2D eigenvalue weighted by Gasteiger charge is 2.47. The van der Waals surface area contributed by atoms with Crippen molar-refractivity contribution in [1.29, 1.82) is 0 Å². The molecule has 0 fully saturated rings. The van der Waals surface area contributed by atoms with E-state index in [2.05, 4.69) is 10.3 Å². The van der Waals surface area contributed by atoms with Crippen molar-refractivity contribution in [2.24, 2.45) is 10.7 Å². The number of carbonyl (C=O) groups is 1. The highest BCUT2D eigenvalue weighted by atomic mass is 32.2. The molecule has 170 valence electrons. The number of primary amides is 1. The van der Waals surface area contributed by atoms with Crippen LogP contribution < -0.4 is 11.1 Å². The first-order valence-corrected chi connectivity index (χ1v) is 11.6. The minimum Gasteiger partial charge on any atom is -0.378 e. The van der Waals surface area contributed by atoms with Gasteiger partial charge in [-0.25, -0.2) is 9.38 Å². The summed E-state index contributed by atoms with van der Waals surface area (Å²) in [6.45, 7) is 8.19.